The molecule has 2 aromatic rings. The first kappa shape index (κ1) is 15.3. The number of halogens is 3. The van der Waals surface area contributed by atoms with Gasteiger partial charge in [0.25, 0.3) is 0 Å². The molecule has 1 aromatic heterocycles. The van der Waals surface area contributed by atoms with Gasteiger partial charge >= 0.3 is 5.97 Å². The Labute approximate surface area is 134 Å². The third kappa shape index (κ3) is 3.51. The second kappa shape index (κ2) is 6.57. The molecule has 1 N–H and O–H groups in total. The minimum atomic E-state index is -0.975. The summed E-state index contributed by atoms with van der Waals surface area (Å²) < 4.78 is 0.858. The molecule has 1 unspecified atom stereocenters. The standard InChI is InChI=1S/C14H10BrCl2NO2/c15-11-4-2-1-3-8(11)5-10(14(19)20)13-12(17)6-9(16)7-18-13/h1-4,6-7,10H,5H2,(H,19,20). The zero-order valence-electron chi connectivity index (χ0n) is 10.2. The van der Waals surface area contributed by atoms with Crippen LogP contribution in [0.1, 0.15) is 17.2 Å². The van der Waals surface area contributed by atoms with Crippen LogP contribution in [0.3, 0.4) is 0 Å². The van der Waals surface area contributed by atoms with Gasteiger partial charge in [0.1, 0.15) is 5.92 Å². The molecule has 3 nitrogen and oxygen atoms in total. The fraction of sp³-hybridized carbons (Fsp3) is 0.143. The topological polar surface area (TPSA) is 50.2 Å². The zero-order valence-corrected chi connectivity index (χ0v) is 13.3. The first-order chi connectivity index (χ1) is 9.49. The predicted octanol–water partition coefficient (Wildman–Crippen LogP) is 4.56. The van der Waals surface area contributed by atoms with Gasteiger partial charge in [0, 0.05) is 10.7 Å². The Balaban J connectivity index is 2.37. The van der Waals surface area contributed by atoms with Gasteiger partial charge in [-0.25, -0.2) is 0 Å². The van der Waals surface area contributed by atoms with E-state index in [4.69, 9.17) is 23.2 Å². The maximum atomic E-state index is 11.5. The quantitative estimate of drug-likeness (QED) is 0.853. The van der Waals surface area contributed by atoms with Crippen LogP contribution in [0.15, 0.2) is 41.0 Å². The molecule has 0 spiro atoms. The Hall–Kier alpha value is -1.10. The number of hydrogen-bond acceptors (Lipinski definition) is 2. The Morgan fingerprint density at radius 3 is 2.65 bits per heavy atom. The summed E-state index contributed by atoms with van der Waals surface area (Å²) in [5, 5.41) is 10.1. The van der Waals surface area contributed by atoms with Gasteiger partial charge in [0.15, 0.2) is 0 Å². The number of benzene rings is 1. The summed E-state index contributed by atoms with van der Waals surface area (Å²) in [6.45, 7) is 0. The molecule has 0 aliphatic carbocycles. The lowest BCUT2D eigenvalue weighted by Crippen LogP contribution is -2.16. The van der Waals surface area contributed by atoms with Gasteiger partial charge in [-0.1, -0.05) is 57.3 Å². The summed E-state index contributed by atoms with van der Waals surface area (Å²) in [4.78, 5) is 15.6. The van der Waals surface area contributed by atoms with Crippen LogP contribution in [-0.4, -0.2) is 16.1 Å². The Kier molecular flexibility index (Phi) is 5.02. The first-order valence-electron chi connectivity index (χ1n) is 5.76. The number of carbonyl (C=O) groups is 1. The summed E-state index contributed by atoms with van der Waals surface area (Å²) in [7, 11) is 0. The highest BCUT2D eigenvalue weighted by molar-refractivity contribution is 9.10. The molecule has 2 rings (SSSR count). The molecule has 0 aliphatic heterocycles. The van der Waals surface area contributed by atoms with Crippen molar-refractivity contribution in [1.82, 2.24) is 4.98 Å². The molecular formula is C14H10BrCl2NO2. The van der Waals surface area contributed by atoms with E-state index in [1.165, 1.54) is 12.3 Å². The van der Waals surface area contributed by atoms with Gasteiger partial charge in [-0.15, -0.1) is 0 Å². The second-order valence-electron chi connectivity index (χ2n) is 4.21. The lowest BCUT2D eigenvalue weighted by Gasteiger charge is -2.14. The summed E-state index contributed by atoms with van der Waals surface area (Å²) in [6.07, 6.45) is 1.70. The molecular weight excluding hydrogens is 365 g/mol. The molecule has 1 atom stereocenters. The maximum absolute atomic E-state index is 11.5. The van der Waals surface area contributed by atoms with E-state index >= 15 is 0 Å². The van der Waals surface area contributed by atoms with Gasteiger partial charge in [0.05, 0.1) is 15.7 Å². The van der Waals surface area contributed by atoms with E-state index < -0.39 is 11.9 Å². The molecule has 0 fully saturated rings. The monoisotopic (exact) mass is 373 g/mol. The van der Waals surface area contributed by atoms with Crippen LogP contribution < -0.4 is 0 Å². The van der Waals surface area contributed by atoms with Crippen molar-refractivity contribution in [2.45, 2.75) is 12.3 Å². The Bertz CT molecular complexity index is 649. The lowest BCUT2D eigenvalue weighted by molar-refractivity contribution is -0.138. The van der Waals surface area contributed by atoms with Crippen LogP contribution >= 0.6 is 39.1 Å². The van der Waals surface area contributed by atoms with Crippen LogP contribution in [0.2, 0.25) is 10.0 Å². The van der Waals surface area contributed by atoms with E-state index in [0.717, 1.165) is 10.0 Å². The summed E-state index contributed by atoms with van der Waals surface area (Å²) in [6, 6.07) is 8.96. The second-order valence-corrected chi connectivity index (χ2v) is 5.90. The molecule has 20 heavy (non-hydrogen) atoms. The minimum Gasteiger partial charge on any atom is -0.481 e. The zero-order chi connectivity index (χ0) is 14.7. The highest BCUT2D eigenvalue weighted by atomic mass is 79.9. The fourth-order valence-electron chi connectivity index (χ4n) is 1.87. The van der Waals surface area contributed by atoms with Gasteiger partial charge in [-0.05, 0) is 24.1 Å². The molecule has 0 radical (unpaired) electrons. The number of aromatic nitrogens is 1. The average molecular weight is 375 g/mol. The van der Waals surface area contributed by atoms with E-state index in [1.807, 2.05) is 24.3 Å². The smallest absolute Gasteiger partial charge is 0.312 e. The molecule has 0 amide bonds. The minimum absolute atomic E-state index is 0.261. The molecule has 0 bridgehead atoms. The Morgan fingerprint density at radius 1 is 1.35 bits per heavy atom. The van der Waals surface area contributed by atoms with Crippen molar-refractivity contribution in [2.24, 2.45) is 0 Å². The van der Waals surface area contributed by atoms with Gasteiger partial charge in [0.2, 0.25) is 0 Å². The number of carboxylic acids is 1. The van der Waals surface area contributed by atoms with E-state index in [-0.39, 0.29) is 5.02 Å². The summed E-state index contributed by atoms with van der Waals surface area (Å²) >= 11 is 15.2. The van der Waals surface area contributed by atoms with Crippen LogP contribution in [0.5, 0.6) is 0 Å². The molecule has 0 saturated carbocycles. The van der Waals surface area contributed by atoms with Gasteiger partial charge in [-0.3, -0.25) is 9.78 Å². The third-order valence-corrected chi connectivity index (χ3v) is 4.13. The lowest BCUT2D eigenvalue weighted by atomic mass is 9.96. The van der Waals surface area contributed by atoms with E-state index in [0.29, 0.717) is 17.1 Å². The van der Waals surface area contributed by atoms with Crippen LogP contribution in [0.25, 0.3) is 0 Å². The molecule has 1 aromatic carbocycles. The first-order valence-corrected chi connectivity index (χ1v) is 7.31. The normalized spacial score (nSPS) is 12.2. The fourth-order valence-corrected chi connectivity index (χ4v) is 2.82. The third-order valence-electron chi connectivity index (χ3n) is 2.85. The number of pyridine rings is 1. The van der Waals surface area contributed by atoms with Crippen LogP contribution in [0.4, 0.5) is 0 Å². The van der Waals surface area contributed by atoms with Crippen molar-refractivity contribution in [3.8, 4) is 0 Å². The number of hydrogen-bond donors (Lipinski definition) is 1. The maximum Gasteiger partial charge on any atom is 0.312 e. The molecule has 104 valence electrons. The summed E-state index contributed by atoms with van der Waals surface area (Å²) in [5.41, 5.74) is 1.20. The molecule has 0 aliphatic rings. The highest BCUT2D eigenvalue weighted by Gasteiger charge is 2.25. The number of aliphatic carboxylic acids is 1. The highest BCUT2D eigenvalue weighted by Crippen LogP contribution is 2.30. The number of carboxylic acid groups (broad SMARTS) is 1. The molecule has 0 saturated heterocycles. The SMILES string of the molecule is O=C(O)C(Cc1ccccc1Br)c1ncc(Cl)cc1Cl. The van der Waals surface area contributed by atoms with Crippen molar-refractivity contribution in [3.05, 3.63) is 62.3 Å². The largest absolute Gasteiger partial charge is 0.481 e. The average Bonchev–Trinajstić information content (AvgIpc) is 2.38. The van der Waals surface area contributed by atoms with Crippen molar-refractivity contribution >= 4 is 45.1 Å². The van der Waals surface area contributed by atoms with E-state index in [9.17, 15) is 9.90 Å². The molecule has 6 heteroatoms. The Morgan fingerprint density at radius 2 is 2.05 bits per heavy atom. The number of nitrogens with zero attached hydrogens (tertiary/aromatic N) is 1. The van der Waals surface area contributed by atoms with E-state index in [1.54, 1.807) is 0 Å². The van der Waals surface area contributed by atoms with Crippen LogP contribution in [0, 0.1) is 0 Å². The predicted molar refractivity (Wildman–Crippen MR) is 82.5 cm³/mol. The van der Waals surface area contributed by atoms with Crippen molar-refractivity contribution in [2.75, 3.05) is 0 Å². The summed E-state index contributed by atoms with van der Waals surface area (Å²) in [5.74, 6) is -1.80. The molecule has 1 heterocycles. The van der Waals surface area contributed by atoms with Crippen LogP contribution in [-0.2, 0) is 11.2 Å². The van der Waals surface area contributed by atoms with Gasteiger partial charge in [-0.2, -0.15) is 0 Å². The van der Waals surface area contributed by atoms with E-state index in [2.05, 4.69) is 20.9 Å². The van der Waals surface area contributed by atoms with Crippen molar-refractivity contribution in [1.29, 1.82) is 0 Å². The van der Waals surface area contributed by atoms with Crippen molar-refractivity contribution < 1.29 is 9.90 Å². The number of rotatable bonds is 4. The van der Waals surface area contributed by atoms with Crippen molar-refractivity contribution in [3.63, 3.8) is 0 Å². The van der Waals surface area contributed by atoms with Gasteiger partial charge < -0.3 is 5.11 Å².